The Labute approximate surface area is 312 Å². The average molecular weight is 747 g/mol. The highest BCUT2D eigenvalue weighted by atomic mass is 32.2. The maximum Gasteiger partial charge on any atom is 0.249 e. The second kappa shape index (κ2) is 17.9. The SMILES string of the molecule is COc1ccc(CCc2nc(NC(=O)C(CCSC)Nc3ccc4c(cc3=O)C(NC(C)=O)CCc3cc(OC)c(OC)c(OC)c3-4)n[nH]2)cc1OC. The van der Waals surface area contributed by atoms with Gasteiger partial charge in [0.15, 0.2) is 23.0 Å². The number of thioether (sulfide) groups is 1. The molecule has 0 aliphatic heterocycles. The maximum absolute atomic E-state index is 14.0. The van der Waals surface area contributed by atoms with E-state index in [2.05, 4.69) is 31.1 Å². The number of methoxy groups -OCH3 is 5. The lowest BCUT2D eigenvalue weighted by molar-refractivity contribution is -0.120. The molecule has 1 heterocycles. The number of H-pyrrole nitrogens is 1. The van der Waals surface area contributed by atoms with E-state index in [-0.39, 0.29) is 23.0 Å². The summed E-state index contributed by atoms with van der Waals surface area (Å²) in [5, 5.41) is 16.1. The van der Waals surface area contributed by atoms with Crippen molar-refractivity contribution < 1.29 is 33.3 Å². The van der Waals surface area contributed by atoms with Gasteiger partial charge in [-0.05, 0) is 90.3 Å². The largest absolute Gasteiger partial charge is 0.493 e. The van der Waals surface area contributed by atoms with Gasteiger partial charge in [0.2, 0.25) is 28.9 Å². The number of aromatic amines is 1. The van der Waals surface area contributed by atoms with E-state index in [0.717, 1.165) is 16.7 Å². The van der Waals surface area contributed by atoms with Crippen LogP contribution in [0.1, 0.15) is 48.3 Å². The third kappa shape index (κ3) is 8.96. The van der Waals surface area contributed by atoms with Crippen molar-refractivity contribution in [2.45, 2.75) is 51.1 Å². The third-order valence-corrected chi connectivity index (χ3v) is 9.68. The molecule has 0 spiro atoms. The molecule has 2 atom stereocenters. The fourth-order valence-corrected chi connectivity index (χ4v) is 6.95. The zero-order valence-corrected chi connectivity index (χ0v) is 31.8. The summed E-state index contributed by atoms with van der Waals surface area (Å²) in [6.07, 6.45) is 4.67. The van der Waals surface area contributed by atoms with Crippen molar-refractivity contribution >= 4 is 35.2 Å². The van der Waals surface area contributed by atoms with Crippen LogP contribution in [-0.4, -0.2) is 80.6 Å². The zero-order chi connectivity index (χ0) is 38.1. The number of ether oxygens (including phenoxy) is 5. The lowest BCUT2D eigenvalue weighted by atomic mass is 9.95. The van der Waals surface area contributed by atoms with Crippen LogP contribution < -0.4 is 45.1 Å². The lowest BCUT2D eigenvalue weighted by Gasteiger charge is -2.19. The summed E-state index contributed by atoms with van der Waals surface area (Å²) in [4.78, 5) is 44.5. The van der Waals surface area contributed by atoms with E-state index < -0.39 is 18.0 Å². The molecule has 4 aromatic rings. The number of fused-ring (bicyclic) bond motifs is 3. The summed E-state index contributed by atoms with van der Waals surface area (Å²) in [6.45, 7) is 1.45. The van der Waals surface area contributed by atoms with Crippen LogP contribution in [-0.2, 0) is 28.9 Å². The summed E-state index contributed by atoms with van der Waals surface area (Å²) in [5.41, 5.74) is 3.84. The van der Waals surface area contributed by atoms with Crippen molar-refractivity contribution in [2.24, 2.45) is 0 Å². The standard InChI is InChI=1S/C38H46N6O8S/c1-21(45)39-26-12-10-23-19-32(50-4)35(51-5)36(52-6)34(23)24-11-13-27(29(46)20-25(24)26)40-28(16-17-53-7)37(47)42-38-41-33(43-44-38)15-9-22-8-14-30(48-2)31(18-22)49-3/h8,11,13-14,18-20,26,28H,9-10,12,15-17H2,1-7H3,(H,39,45)(H,40,46)(H2,41,42,43,44,47). The van der Waals surface area contributed by atoms with Gasteiger partial charge in [-0.3, -0.25) is 24.8 Å². The first-order chi connectivity index (χ1) is 25.6. The number of nitrogens with one attached hydrogen (secondary N) is 4. The van der Waals surface area contributed by atoms with Gasteiger partial charge in [0.25, 0.3) is 0 Å². The topological polar surface area (TPSA) is 175 Å². The molecule has 0 bridgehead atoms. The monoisotopic (exact) mass is 746 g/mol. The second-order valence-electron chi connectivity index (χ2n) is 12.4. The van der Waals surface area contributed by atoms with Gasteiger partial charge >= 0.3 is 0 Å². The summed E-state index contributed by atoms with van der Waals surface area (Å²) >= 11 is 1.58. The number of aryl methyl sites for hydroxylation is 3. The van der Waals surface area contributed by atoms with Crippen LogP contribution in [0.3, 0.4) is 0 Å². The van der Waals surface area contributed by atoms with E-state index in [0.29, 0.717) is 83.6 Å². The first-order valence-corrected chi connectivity index (χ1v) is 18.5. The number of amides is 2. The number of benzene rings is 2. The number of aromatic nitrogens is 3. The van der Waals surface area contributed by atoms with Crippen molar-refractivity contribution in [1.82, 2.24) is 20.5 Å². The van der Waals surface area contributed by atoms with Gasteiger partial charge in [0.05, 0.1) is 47.3 Å². The Morgan fingerprint density at radius 1 is 0.925 bits per heavy atom. The smallest absolute Gasteiger partial charge is 0.249 e. The van der Waals surface area contributed by atoms with E-state index in [1.54, 1.807) is 46.3 Å². The van der Waals surface area contributed by atoms with Crippen LogP contribution >= 0.6 is 11.8 Å². The van der Waals surface area contributed by atoms with Gasteiger partial charge in [0.1, 0.15) is 11.9 Å². The number of carbonyl (C=O) groups excluding carboxylic acids is 2. The highest BCUT2D eigenvalue weighted by molar-refractivity contribution is 7.98. The predicted molar refractivity (Wildman–Crippen MR) is 205 cm³/mol. The Morgan fingerprint density at radius 3 is 2.36 bits per heavy atom. The lowest BCUT2D eigenvalue weighted by Crippen LogP contribution is -2.36. The average Bonchev–Trinajstić information content (AvgIpc) is 3.48. The Morgan fingerprint density at radius 2 is 1.68 bits per heavy atom. The Kier molecular flexibility index (Phi) is 13.1. The fourth-order valence-electron chi connectivity index (χ4n) is 6.48. The zero-order valence-electron chi connectivity index (χ0n) is 31.0. The van der Waals surface area contributed by atoms with Crippen molar-refractivity contribution in [3.8, 4) is 39.9 Å². The molecule has 0 saturated heterocycles. The van der Waals surface area contributed by atoms with Crippen LogP contribution in [0.15, 0.2) is 47.3 Å². The van der Waals surface area contributed by atoms with E-state index in [1.807, 2.05) is 36.6 Å². The highest BCUT2D eigenvalue weighted by Gasteiger charge is 2.30. The van der Waals surface area contributed by atoms with Gasteiger partial charge in [-0.25, -0.2) is 0 Å². The van der Waals surface area contributed by atoms with Crippen molar-refractivity contribution in [2.75, 3.05) is 58.2 Å². The van der Waals surface area contributed by atoms with E-state index >= 15 is 0 Å². The molecule has 14 nitrogen and oxygen atoms in total. The Hall–Kier alpha value is -5.44. The molecule has 0 fully saturated rings. The fraction of sp³-hybridized carbons (Fsp3) is 0.395. The summed E-state index contributed by atoms with van der Waals surface area (Å²) in [5.74, 6) is 3.42. The minimum atomic E-state index is -0.789. The van der Waals surface area contributed by atoms with Crippen molar-refractivity contribution in [1.29, 1.82) is 0 Å². The van der Waals surface area contributed by atoms with Crippen molar-refractivity contribution in [3.05, 3.63) is 75.2 Å². The molecule has 282 valence electrons. The Bertz CT molecular complexity index is 2000. The number of nitrogens with zero attached hydrogens (tertiary/aromatic N) is 2. The van der Waals surface area contributed by atoms with Gasteiger partial charge in [-0.15, -0.1) is 5.10 Å². The quantitative estimate of drug-likeness (QED) is 0.122. The maximum atomic E-state index is 14.0. The summed E-state index contributed by atoms with van der Waals surface area (Å²) < 4.78 is 27.9. The number of carbonyl (C=O) groups is 2. The van der Waals surface area contributed by atoms with Crippen molar-refractivity contribution in [3.63, 3.8) is 0 Å². The summed E-state index contributed by atoms with van der Waals surface area (Å²) in [6, 6.07) is 11.4. The molecule has 0 saturated carbocycles. The molecule has 4 N–H and O–H groups in total. The van der Waals surface area contributed by atoms with Crippen LogP contribution in [0.5, 0.6) is 28.7 Å². The van der Waals surface area contributed by atoms with Crippen LogP contribution in [0.25, 0.3) is 11.1 Å². The molecule has 2 unspecified atom stereocenters. The molecule has 15 heteroatoms. The summed E-state index contributed by atoms with van der Waals surface area (Å²) in [7, 11) is 7.82. The molecule has 1 aliphatic carbocycles. The number of hydrogen-bond acceptors (Lipinski definition) is 12. The molecule has 1 aliphatic rings. The molecular weight excluding hydrogens is 701 g/mol. The molecule has 3 aromatic carbocycles. The normalized spacial score (nSPS) is 13.8. The van der Waals surface area contributed by atoms with Gasteiger partial charge in [-0.2, -0.15) is 16.7 Å². The third-order valence-electron chi connectivity index (χ3n) is 9.04. The molecule has 2 amide bonds. The molecule has 53 heavy (non-hydrogen) atoms. The minimum Gasteiger partial charge on any atom is -0.493 e. The van der Waals surface area contributed by atoms with Gasteiger partial charge in [0, 0.05) is 18.9 Å². The van der Waals surface area contributed by atoms with Crippen LogP contribution in [0.2, 0.25) is 0 Å². The molecule has 0 radical (unpaired) electrons. The van der Waals surface area contributed by atoms with Gasteiger partial charge in [-0.1, -0.05) is 12.1 Å². The highest BCUT2D eigenvalue weighted by Crippen LogP contribution is 2.50. The van der Waals surface area contributed by atoms with Crippen LogP contribution in [0.4, 0.5) is 11.6 Å². The Balaban J connectivity index is 1.43. The van der Waals surface area contributed by atoms with Crippen LogP contribution in [0, 0.1) is 0 Å². The molecular formula is C38H46N6O8S. The predicted octanol–water partition coefficient (Wildman–Crippen LogP) is 4.96. The van der Waals surface area contributed by atoms with Gasteiger partial charge < -0.3 is 34.3 Å². The minimum absolute atomic E-state index is 0.132. The van der Waals surface area contributed by atoms with E-state index in [4.69, 9.17) is 23.7 Å². The number of anilines is 2. The first kappa shape index (κ1) is 38.8. The molecule has 5 rings (SSSR count). The number of hydrogen-bond donors (Lipinski definition) is 4. The number of rotatable bonds is 16. The van der Waals surface area contributed by atoms with E-state index in [9.17, 15) is 14.4 Å². The first-order valence-electron chi connectivity index (χ1n) is 17.1. The van der Waals surface area contributed by atoms with E-state index in [1.165, 1.54) is 20.1 Å². The molecule has 1 aromatic heterocycles. The second-order valence-corrected chi connectivity index (χ2v) is 13.3.